The Labute approximate surface area is 236 Å². The highest BCUT2D eigenvalue weighted by Crippen LogP contribution is 2.48. The molecule has 1 amide bonds. The maximum Gasteiger partial charge on any atom is 0.410 e. The Balaban J connectivity index is 1.22. The predicted octanol–water partition coefficient (Wildman–Crippen LogP) is 5.97. The molecule has 1 aromatic rings. The van der Waals surface area contributed by atoms with E-state index in [4.69, 9.17) is 30.0 Å². The number of ether oxygens (including phenoxy) is 3. The molecule has 40 heavy (non-hydrogen) atoms. The first-order valence-corrected chi connectivity index (χ1v) is 14.6. The summed E-state index contributed by atoms with van der Waals surface area (Å²) in [6.07, 6.45) is 9.93. The smallest absolute Gasteiger partial charge is 0.410 e. The number of hydrogen-bond donors (Lipinski definition) is 3. The second kappa shape index (κ2) is 10.3. The molecule has 5 aliphatic rings. The quantitative estimate of drug-likeness (QED) is 0.428. The number of fused-ring (bicyclic) bond motifs is 2. The third kappa shape index (κ3) is 5.04. The molecule has 3 heterocycles. The van der Waals surface area contributed by atoms with Gasteiger partial charge in [0.05, 0.1) is 36.0 Å². The molecule has 4 atom stereocenters. The standard InChI is InChI=1S/C31H41N5O4/c1-31(2,3)40-30(37)36-14-17(15-38-4)9-26(36)29-34-13-25(35-29)19-5-7-21-20(10-19)16-39-27-12-22-18(11-23(21)27)6-8-24(32)28(22)33/h10,13,17-18,22,26,32-33H,5-9,11-12,14-16H2,1-4H3,(H,34,35). The molecule has 9 heteroatoms. The van der Waals surface area contributed by atoms with Gasteiger partial charge in [0.25, 0.3) is 0 Å². The van der Waals surface area contributed by atoms with Gasteiger partial charge in [-0.05, 0) is 93.6 Å². The number of amides is 1. The molecule has 1 saturated carbocycles. The summed E-state index contributed by atoms with van der Waals surface area (Å²) in [4.78, 5) is 23.1. The Morgan fingerprint density at radius 1 is 1.20 bits per heavy atom. The van der Waals surface area contributed by atoms with E-state index in [9.17, 15) is 4.79 Å². The summed E-state index contributed by atoms with van der Waals surface area (Å²) in [6.45, 7) is 7.39. The average molecular weight is 548 g/mol. The SMILES string of the molecule is COCC1CC(c2ncc(C3=CC4=C(CC3)C3=C(CC5C(=N)C(=N)CCC5C3)OC4)[nH]2)N(C(=O)OC(C)(C)C)C1. The maximum atomic E-state index is 13.1. The Bertz CT molecular complexity index is 1330. The Hall–Kier alpha value is -3.20. The Morgan fingerprint density at radius 3 is 2.80 bits per heavy atom. The lowest BCUT2D eigenvalue weighted by Crippen LogP contribution is -2.38. The van der Waals surface area contributed by atoms with Crippen molar-refractivity contribution in [3.8, 4) is 0 Å². The van der Waals surface area contributed by atoms with Gasteiger partial charge in [-0.25, -0.2) is 9.78 Å². The molecular formula is C31H41N5O4. The lowest BCUT2D eigenvalue weighted by molar-refractivity contribution is 0.0208. The zero-order chi connectivity index (χ0) is 28.2. The highest BCUT2D eigenvalue weighted by molar-refractivity contribution is 6.41. The number of imidazole rings is 1. The van der Waals surface area contributed by atoms with Gasteiger partial charge in [-0.2, -0.15) is 0 Å². The van der Waals surface area contributed by atoms with E-state index in [2.05, 4.69) is 11.1 Å². The van der Waals surface area contributed by atoms with Crippen molar-refractivity contribution >= 4 is 23.1 Å². The van der Waals surface area contributed by atoms with Gasteiger partial charge in [-0.3, -0.25) is 4.90 Å². The molecule has 4 unspecified atom stereocenters. The van der Waals surface area contributed by atoms with Gasteiger partial charge in [0.2, 0.25) is 0 Å². The van der Waals surface area contributed by atoms with E-state index in [1.165, 1.54) is 22.3 Å². The minimum atomic E-state index is -0.563. The molecule has 2 aliphatic heterocycles. The molecule has 0 spiro atoms. The first-order valence-electron chi connectivity index (χ1n) is 14.6. The fourth-order valence-corrected chi connectivity index (χ4v) is 7.15. The number of methoxy groups -OCH3 is 1. The molecule has 214 valence electrons. The lowest BCUT2D eigenvalue weighted by atomic mass is 9.66. The Morgan fingerprint density at radius 2 is 2.02 bits per heavy atom. The van der Waals surface area contributed by atoms with Crippen LogP contribution < -0.4 is 0 Å². The van der Waals surface area contributed by atoms with E-state index in [0.29, 0.717) is 37.1 Å². The van der Waals surface area contributed by atoms with Gasteiger partial charge >= 0.3 is 6.09 Å². The number of aromatic amines is 1. The minimum Gasteiger partial charge on any atom is -0.493 e. The van der Waals surface area contributed by atoms with Gasteiger partial charge in [0.1, 0.15) is 23.8 Å². The summed E-state index contributed by atoms with van der Waals surface area (Å²) in [7, 11) is 1.69. The van der Waals surface area contributed by atoms with Crippen LogP contribution in [0.1, 0.15) is 83.3 Å². The number of hydrogen-bond acceptors (Lipinski definition) is 7. The number of nitrogens with one attached hydrogen (secondary N) is 3. The molecule has 0 aromatic carbocycles. The van der Waals surface area contributed by atoms with Crippen molar-refractivity contribution in [1.29, 1.82) is 10.8 Å². The minimum absolute atomic E-state index is 0.138. The van der Waals surface area contributed by atoms with Gasteiger partial charge < -0.3 is 30.0 Å². The van der Waals surface area contributed by atoms with Crippen LogP contribution in [0.15, 0.2) is 34.8 Å². The molecule has 3 aliphatic carbocycles. The number of allylic oxidation sites excluding steroid dienone is 4. The second-order valence-corrected chi connectivity index (χ2v) is 13.0. The molecule has 3 N–H and O–H groups in total. The first kappa shape index (κ1) is 27.0. The van der Waals surface area contributed by atoms with Crippen molar-refractivity contribution in [3.63, 3.8) is 0 Å². The summed E-state index contributed by atoms with van der Waals surface area (Å²) in [5, 5.41) is 16.5. The molecular weight excluding hydrogens is 506 g/mol. The zero-order valence-electron chi connectivity index (χ0n) is 24.1. The van der Waals surface area contributed by atoms with Crippen LogP contribution in [0.2, 0.25) is 0 Å². The number of carbonyl (C=O) groups is 1. The van der Waals surface area contributed by atoms with Gasteiger partial charge in [-0.15, -0.1) is 0 Å². The molecule has 9 nitrogen and oxygen atoms in total. The normalized spacial score (nSPS) is 28.6. The summed E-state index contributed by atoms with van der Waals surface area (Å²) in [6, 6.07) is -0.181. The van der Waals surface area contributed by atoms with Crippen LogP contribution in [-0.2, 0) is 14.2 Å². The molecule has 1 saturated heterocycles. The van der Waals surface area contributed by atoms with E-state index in [1.807, 2.05) is 27.0 Å². The number of carbonyl (C=O) groups excluding carboxylic acids is 1. The van der Waals surface area contributed by atoms with Crippen molar-refractivity contribution in [2.75, 3.05) is 26.9 Å². The van der Waals surface area contributed by atoms with Crippen molar-refractivity contribution in [2.45, 2.75) is 77.4 Å². The largest absolute Gasteiger partial charge is 0.493 e. The highest BCUT2D eigenvalue weighted by Gasteiger charge is 2.42. The van der Waals surface area contributed by atoms with Gasteiger partial charge in [0.15, 0.2) is 0 Å². The van der Waals surface area contributed by atoms with Crippen LogP contribution in [-0.4, -0.2) is 64.9 Å². The van der Waals surface area contributed by atoms with Crippen molar-refractivity contribution < 1.29 is 19.0 Å². The third-order valence-corrected chi connectivity index (χ3v) is 9.06. The average Bonchev–Trinajstić information content (AvgIpc) is 3.57. The van der Waals surface area contributed by atoms with E-state index in [0.717, 1.165) is 62.2 Å². The van der Waals surface area contributed by atoms with Crippen LogP contribution in [0.4, 0.5) is 4.79 Å². The highest BCUT2D eigenvalue weighted by atomic mass is 16.6. The molecule has 0 radical (unpaired) electrons. The van der Waals surface area contributed by atoms with E-state index < -0.39 is 5.60 Å². The summed E-state index contributed by atoms with van der Waals surface area (Å²) >= 11 is 0. The number of H-pyrrole nitrogens is 1. The molecule has 0 bridgehead atoms. The lowest BCUT2D eigenvalue weighted by Gasteiger charge is -2.41. The van der Waals surface area contributed by atoms with Crippen LogP contribution in [0.25, 0.3) is 5.57 Å². The fourth-order valence-electron chi connectivity index (χ4n) is 7.15. The van der Waals surface area contributed by atoms with Crippen LogP contribution in [0, 0.1) is 28.6 Å². The molecule has 6 rings (SSSR count). The van der Waals surface area contributed by atoms with Crippen molar-refractivity contribution in [3.05, 3.63) is 46.3 Å². The summed E-state index contributed by atoms with van der Waals surface area (Å²) < 4.78 is 17.4. The second-order valence-electron chi connectivity index (χ2n) is 13.0. The van der Waals surface area contributed by atoms with Crippen LogP contribution in [0.5, 0.6) is 0 Å². The van der Waals surface area contributed by atoms with Gasteiger partial charge in [-0.1, -0.05) is 0 Å². The van der Waals surface area contributed by atoms with E-state index in [1.54, 1.807) is 12.0 Å². The predicted molar refractivity (Wildman–Crippen MR) is 152 cm³/mol. The van der Waals surface area contributed by atoms with Crippen molar-refractivity contribution in [1.82, 2.24) is 14.9 Å². The number of aromatic nitrogens is 2. The fraction of sp³-hybridized carbons (Fsp3) is 0.613. The number of nitrogens with zero attached hydrogens (tertiary/aromatic N) is 2. The van der Waals surface area contributed by atoms with Crippen LogP contribution >= 0.6 is 0 Å². The molecule has 1 aromatic heterocycles. The topological polar surface area (TPSA) is 124 Å². The van der Waals surface area contributed by atoms with E-state index in [-0.39, 0.29) is 24.0 Å². The number of rotatable bonds is 4. The number of likely N-dealkylation sites (tertiary alicyclic amines) is 1. The van der Waals surface area contributed by atoms with E-state index >= 15 is 0 Å². The van der Waals surface area contributed by atoms with Crippen molar-refractivity contribution in [2.24, 2.45) is 17.8 Å². The van der Waals surface area contributed by atoms with Gasteiger partial charge in [0, 0.05) is 31.9 Å². The zero-order valence-corrected chi connectivity index (χ0v) is 24.1. The summed E-state index contributed by atoms with van der Waals surface area (Å²) in [5.41, 5.74) is 6.68. The van der Waals surface area contributed by atoms with Crippen LogP contribution in [0.3, 0.4) is 0 Å². The maximum absolute atomic E-state index is 13.1. The molecule has 2 fully saturated rings. The third-order valence-electron chi connectivity index (χ3n) is 9.06. The summed E-state index contributed by atoms with van der Waals surface area (Å²) in [5.74, 6) is 2.65. The Kier molecular flexibility index (Phi) is 6.97. The monoisotopic (exact) mass is 547 g/mol. The first-order chi connectivity index (χ1) is 19.1.